The Balaban J connectivity index is 0.855. The third-order valence-electron chi connectivity index (χ3n) is 11.6. The van der Waals surface area contributed by atoms with Gasteiger partial charge in [0.15, 0.2) is 0 Å². The van der Waals surface area contributed by atoms with Crippen LogP contribution in [-0.4, -0.2) is 157 Å². The number of carbonyl (C=O) groups is 1. The van der Waals surface area contributed by atoms with Crippen molar-refractivity contribution in [3.63, 3.8) is 0 Å². The molecule has 2 saturated heterocycles. The zero-order chi connectivity index (χ0) is 44.2. The number of aromatic nitrogens is 2. The van der Waals surface area contributed by atoms with Crippen LogP contribution in [0, 0.1) is 18.3 Å². The van der Waals surface area contributed by atoms with Gasteiger partial charge in [0, 0.05) is 55.4 Å². The van der Waals surface area contributed by atoms with Gasteiger partial charge in [-0.05, 0) is 50.4 Å². The summed E-state index contributed by atoms with van der Waals surface area (Å²) in [6, 6.07) is 23.2. The summed E-state index contributed by atoms with van der Waals surface area (Å²) in [5.74, 6) is 0.745. The molecule has 3 aromatic carbocycles. The van der Waals surface area contributed by atoms with Crippen molar-refractivity contribution in [1.82, 2.24) is 19.8 Å². The molecule has 3 aliphatic heterocycles. The van der Waals surface area contributed by atoms with Crippen LogP contribution in [-0.2, 0) is 46.2 Å². The summed E-state index contributed by atoms with van der Waals surface area (Å²) in [5, 5.41) is 21.7. The number of hydrogen-bond acceptors (Lipinski definition) is 15. The van der Waals surface area contributed by atoms with Crippen molar-refractivity contribution in [3.05, 3.63) is 83.6 Å². The second-order valence-corrected chi connectivity index (χ2v) is 17.5. The smallest absolute Gasteiger partial charge is 0.407 e. The van der Waals surface area contributed by atoms with E-state index in [0.717, 1.165) is 47.8 Å². The number of hydrogen-bond donors (Lipinski definition) is 1. The fourth-order valence-corrected chi connectivity index (χ4v) is 9.18. The summed E-state index contributed by atoms with van der Waals surface area (Å²) < 4.78 is 58.8. The molecule has 3 aliphatic rings. The number of amides is 1. The molecule has 0 saturated carbocycles. The molecule has 0 spiro atoms. The Bertz CT molecular complexity index is 2290. The lowest BCUT2D eigenvalue weighted by Gasteiger charge is -2.41. The quantitative estimate of drug-likeness (QED) is 0.0909. The Hall–Kier alpha value is -5.13. The average molecular weight is 888 g/mol. The zero-order valence-electron chi connectivity index (χ0n) is 36.0. The average Bonchev–Trinajstić information content (AvgIpc) is 3.64. The lowest BCUT2D eigenvalue weighted by Crippen LogP contribution is -2.55. The van der Waals surface area contributed by atoms with Crippen LogP contribution in [0.2, 0.25) is 0 Å². The maximum absolute atomic E-state index is 12.2. The van der Waals surface area contributed by atoms with Crippen LogP contribution in [0.5, 0.6) is 6.01 Å². The molecule has 3 atom stereocenters. The van der Waals surface area contributed by atoms with E-state index in [4.69, 9.17) is 37.8 Å². The van der Waals surface area contributed by atoms with Gasteiger partial charge in [-0.3, -0.25) is 9.08 Å². The summed E-state index contributed by atoms with van der Waals surface area (Å²) in [6.07, 6.45) is 0.548. The fourth-order valence-electron chi connectivity index (χ4n) is 8.29. The molecule has 1 N–H and O–H groups in total. The van der Waals surface area contributed by atoms with E-state index in [1.54, 1.807) is 12.1 Å². The molecule has 17 nitrogen and oxygen atoms in total. The molecule has 0 bridgehead atoms. The molecule has 338 valence electrons. The fraction of sp³-hybridized carbons (Fsp3) is 0.511. The van der Waals surface area contributed by atoms with Gasteiger partial charge in [0.2, 0.25) is 0 Å². The van der Waals surface area contributed by atoms with E-state index >= 15 is 0 Å². The number of piperazine rings is 1. The molecule has 7 rings (SSSR count). The van der Waals surface area contributed by atoms with Crippen LogP contribution in [0.3, 0.4) is 0 Å². The minimum absolute atomic E-state index is 0.00770. The van der Waals surface area contributed by atoms with E-state index in [0.29, 0.717) is 72.3 Å². The van der Waals surface area contributed by atoms with Gasteiger partial charge in [0.05, 0.1) is 94.6 Å². The van der Waals surface area contributed by atoms with E-state index < -0.39 is 22.3 Å². The summed E-state index contributed by atoms with van der Waals surface area (Å²) in [5.41, 5.74) is 4.01. The van der Waals surface area contributed by atoms with Crippen molar-refractivity contribution in [2.45, 2.75) is 55.8 Å². The summed E-state index contributed by atoms with van der Waals surface area (Å²) in [7, 11) is -1.76. The Morgan fingerprint density at radius 2 is 1.56 bits per heavy atom. The first-order valence-corrected chi connectivity index (χ1v) is 22.9. The minimum Gasteiger partial charge on any atom is -0.465 e. The summed E-state index contributed by atoms with van der Waals surface area (Å²) in [6.45, 7) is 7.74. The van der Waals surface area contributed by atoms with Gasteiger partial charge in [0.1, 0.15) is 12.4 Å². The van der Waals surface area contributed by atoms with Crippen molar-refractivity contribution in [2.75, 3.05) is 109 Å². The van der Waals surface area contributed by atoms with E-state index in [2.05, 4.69) is 57.2 Å². The molecule has 2 fully saturated rings. The van der Waals surface area contributed by atoms with Crippen molar-refractivity contribution in [2.24, 2.45) is 0 Å². The third kappa shape index (κ3) is 12.1. The molecule has 63 heavy (non-hydrogen) atoms. The highest BCUT2D eigenvalue weighted by molar-refractivity contribution is 7.86. The second kappa shape index (κ2) is 22.0. The lowest BCUT2D eigenvalue weighted by atomic mass is 10.0. The van der Waals surface area contributed by atoms with E-state index in [1.807, 2.05) is 20.0 Å². The SMILES string of the molecule is Cc1ccc(S(=O)(=O)OCCOCCOCCOCCO[C@@H]2C[C@@H](COc3nc4c(c(N5CCN(C(=O)O)C(CC#N)C5)n3)CCN(c3cccc5ccccc35)C4)N(C)C2)cc1. The van der Waals surface area contributed by atoms with Crippen molar-refractivity contribution in [1.29, 1.82) is 5.26 Å². The first kappa shape index (κ1) is 45.9. The molecule has 0 radical (unpaired) electrons. The lowest BCUT2D eigenvalue weighted by molar-refractivity contribution is -0.0174. The van der Waals surface area contributed by atoms with Gasteiger partial charge in [0.25, 0.3) is 10.1 Å². The molecule has 18 heteroatoms. The Morgan fingerprint density at radius 1 is 0.841 bits per heavy atom. The maximum Gasteiger partial charge on any atom is 0.407 e. The highest BCUT2D eigenvalue weighted by Gasteiger charge is 2.35. The highest BCUT2D eigenvalue weighted by Crippen LogP contribution is 2.35. The monoisotopic (exact) mass is 887 g/mol. The number of benzene rings is 3. The van der Waals surface area contributed by atoms with Gasteiger partial charge in [-0.25, -0.2) is 4.79 Å². The number of nitriles is 1. The summed E-state index contributed by atoms with van der Waals surface area (Å²) in [4.78, 5) is 30.1. The number of aryl methyl sites for hydroxylation is 1. The summed E-state index contributed by atoms with van der Waals surface area (Å²) >= 11 is 0. The predicted octanol–water partition coefficient (Wildman–Crippen LogP) is 4.51. The van der Waals surface area contributed by atoms with Crippen LogP contribution in [0.15, 0.2) is 71.6 Å². The Morgan fingerprint density at radius 3 is 2.30 bits per heavy atom. The molecule has 4 aromatic rings. The first-order chi connectivity index (χ1) is 30.6. The van der Waals surface area contributed by atoms with Crippen LogP contribution in [0.25, 0.3) is 10.8 Å². The van der Waals surface area contributed by atoms with E-state index in [1.165, 1.54) is 27.8 Å². The van der Waals surface area contributed by atoms with Gasteiger partial charge in [-0.15, -0.1) is 0 Å². The maximum atomic E-state index is 12.2. The normalized spacial score (nSPS) is 19.3. The number of likely N-dealkylation sites (N-methyl/N-ethyl adjacent to an activating group) is 1. The minimum atomic E-state index is -3.81. The van der Waals surface area contributed by atoms with E-state index in [9.17, 15) is 23.6 Å². The number of ether oxygens (including phenoxy) is 5. The highest BCUT2D eigenvalue weighted by atomic mass is 32.2. The van der Waals surface area contributed by atoms with Crippen molar-refractivity contribution < 1.29 is 46.2 Å². The molecular formula is C45H57N7O10S. The van der Waals surface area contributed by atoms with Crippen molar-refractivity contribution >= 4 is 38.5 Å². The first-order valence-electron chi connectivity index (χ1n) is 21.5. The van der Waals surface area contributed by atoms with Gasteiger partial charge in [-0.1, -0.05) is 54.1 Å². The third-order valence-corrected chi connectivity index (χ3v) is 13.0. The Kier molecular flexibility index (Phi) is 16.0. The van der Waals surface area contributed by atoms with Gasteiger partial charge >= 0.3 is 12.1 Å². The molecule has 0 aliphatic carbocycles. The van der Waals surface area contributed by atoms with Gasteiger partial charge in [-0.2, -0.15) is 23.6 Å². The van der Waals surface area contributed by atoms with Crippen LogP contribution < -0.4 is 14.5 Å². The molecule has 1 aromatic heterocycles. The van der Waals surface area contributed by atoms with Crippen LogP contribution in [0.1, 0.15) is 29.7 Å². The molecule has 1 unspecified atom stereocenters. The van der Waals surface area contributed by atoms with Crippen LogP contribution in [0.4, 0.5) is 16.3 Å². The number of carboxylic acid groups (broad SMARTS) is 1. The standard InChI is InChI=1S/C45H57N7O10S/c1-33-10-12-38(13-11-33)63(55,56)62-27-25-59-23-21-57-20-22-58-24-26-60-37-28-36(49(2)30-37)32-61-44-47-41-31-50(42-9-5-7-34-6-3-4-8-39(34)42)17-15-40(41)43(48-44)51-18-19-52(45(53)54)35(29-51)14-16-46/h3-13,35-37H,14-15,17-32H2,1-2H3,(H,53,54)/t35?,36-,37+/m0/s1. The number of rotatable bonds is 21. The Labute approximate surface area is 369 Å². The van der Waals surface area contributed by atoms with E-state index in [-0.39, 0.29) is 49.2 Å². The second-order valence-electron chi connectivity index (χ2n) is 15.9. The number of anilines is 2. The molecule has 4 heterocycles. The largest absolute Gasteiger partial charge is 0.465 e. The molecule has 1 amide bonds. The van der Waals surface area contributed by atoms with Crippen LogP contribution >= 0.6 is 0 Å². The zero-order valence-corrected chi connectivity index (χ0v) is 36.8. The number of nitrogens with zero attached hydrogens (tertiary/aromatic N) is 7. The number of fused-ring (bicyclic) bond motifs is 2. The van der Waals surface area contributed by atoms with Gasteiger partial charge < -0.3 is 43.5 Å². The van der Waals surface area contributed by atoms with Crippen molar-refractivity contribution in [3.8, 4) is 12.1 Å². The molecular weight excluding hydrogens is 831 g/mol. The topological polar surface area (TPSA) is 189 Å². The number of likely N-dealkylation sites (tertiary alicyclic amines) is 1. The predicted molar refractivity (Wildman–Crippen MR) is 235 cm³/mol.